The van der Waals surface area contributed by atoms with E-state index in [-0.39, 0.29) is 23.8 Å². The number of ether oxygens (including phenoxy) is 2. The van der Waals surface area contributed by atoms with Gasteiger partial charge in [0.25, 0.3) is 5.91 Å². The molecular formula is C45H39N3O6. The monoisotopic (exact) mass is 717 g/mol. The Morgan fingerprint density at radius 3 is 2.28 bits per heavy atom. The second kappa shape index (κ2) is 16.3. The number of nitrogens with one attached hydrogen (secondary N) is 1. The van der Waals surface area contributed by atoms with Crippen LogP contribution in [0, 0.1) is 0 Å². The van der Waals surface area contributed by atoms with Crippen LogP contribution in [0.4, 0.5) is 5.69 Å². The van der Waals surface area contributed by atoms with E-state index < -0.39 is 0 Å². The zero-order valence-electron chi connectivity index (χ0n) is 30.1. The maximum absolute atomic E-state index is 14.2. The molecule has 270 valence electrons. The van der Waals surface area contributed by atoms with Crippen molar-refractivity contribution in [1.29, 1.82) is 0 Å². The van der Waals surface area contributed by atoms with Gasteiger partial charge in [-0.1, -0.05) is 72.8 Å². The smallest absolute Gasteiger partial charge is 0.260 e. The Labute approximate surface area is 312 Å². The molecule has 2 heterocycles. The maximum Gasteiger partial charge on any atom is 0.260 e. The van der Waals surface area contributed by atoms with Crippen molar-refractivity contribution in [3.8, 4) is 22.8 Å². The molecule has 9 heteroatoms. The Kier molecular flexibility index (Phi) is 10.8. The van der Waals surface area contributed by atoms with Gasteiger partial charge in [-0.3, -0.25) is 19.4 Å². The Morgan fingerprint density at radius 1 is 0.741 bits per heavy atom. The highest BCUT2D eigenvalue weighted by Crippen LogP contribution is 2.29. The SMILES string of the molecule is COc1ccc(CCC(=O)NCCc2ccc(N(Cc3ccc4oc(-c5ccccc5)cc(=O)c4c3)C(=O)c3cnc4ccccc4c3)cc2)cc1OC. The molecule has 0 saturated carbocycles. The zero-order chi connectivity index (χ0) is 37.4. The quantitative estimate of drug-likeness (QED) is 0.128. The third-order valence-corrected chi connectivity index (χ3v) is 9.35. The van der Waals surface area contributed by atoms with Crippen molar-refractivity contribution < 1.29 is 23.5 Å². The Balaban J connectivity index is 1.07. The first kappa shape index (κ1) is 35.7. The molecule has 0 spiro atoms. The summed E-state index contributed by atoms with van der Waals surface area (Å²) in [6.45, 7) is 0.679. The summed E-state index contributed by atoms with van der Waals surface area (Å²) in [5.74, 6) is 1.51. The van der Waals surface area contributed by atoms with Crippen LogP contribution in [-0.4, -0.2) is 37.6 Å². The molecule has 0 aliphatic heterocycles. The van der Waals surface area contributed by atoms with Crippen molar-refractivity contribution in [2.24, 2.45) is 0 Å². The summed E-state index contributed by atoms with van der Waals surface area (Å²) < 4.78 is 16.8. The van der Waals surface area contributed by atoms with E-state index in [1.807, 2.05) is 109 Å². The van der Waals surface area contributed by atoms with Crippen LogP contribution in [0.1, 0.15) is 33.5 Å². The van der Waals surface area contributed by atoms with Crippen molar-refractivity contribution in [3.05, 3.63) is 166 Å². The fourth-order valence-corrected chi connectivity index (χ4v) is 6.42. The van der Waals surface area contributed by atoms with Gasteiger partial charge in [0.2, 0.25) is 5.91 Å². The van der Waals surface area contributed by atoms with Crippen LogP contribution >= 0.6 is 0 Å². The number of hydrogen-bond donors (Lipinski definition) is 1. The average molecular weight is 718 g/mol. The van der Waals surface area contributed by atoms with Crippen molar-refractivity contribution in [2.75, 3.05) is 25.7 Å². The van der Waals surface area contributed by atoms with Gasteiger partial charge in [0.15, 0.2) is 16.9 Å². The number of aromatic nitrogens is 1. The number of rotatable bonds is 13. The lowest BCUT2D eigenvalue weighted by Gasteiger charge is -2.24. The number of amides is 2. The molecule has 1 N–H and O–H groups in total. The number of carbonyl (C=O) groups excluding carboxylic acids is 2. The molecule has 9 nitrogen and oxygen atoms in total. The number of nitrogens with zero attached hydrogens (tertiary/aromatic N) is 2. The van der Waals surface area contributed by atoms with E-state index in [9.17, 15) is 14.4 Å². The third kappa shape index (κ3) is 8.16. The lowest BCUT2D eigenvalue weighted by atomic mass is 10.1. The van der Waals surface area contributed by atoms with Crippen LogP contribution < -0.4 is 25.1 Å². The molecule has 0 fully saturated rings. The summed E-state index contributed by atoms with van der Waals surface area (Å²) >= 11 is 0. The van der Waals surface area contributed by atoms with Crippen LogP contribution in [0.15, 0.2) is 143 Å². The zero-order valence-corrected chi connectivity index (χ0v) is 30.1. The molecule has 7 aromatic rings. The maximum atomic E-state index is 14.2. The van der Waals surface area contributed by atoms with Crippen molar-refractivity contribution in [2.45, 2.75) is 25.8 Å². The highest BCUT2D eigenvalue weighted by atomic mass is 16.5. The van der Waals surface area contributed by atoms with Crippen LogP contribution in [0.2, 0.25) is 0 Å². The summed E-state index contributed by atoms with van der Waals surface area (Å²) in [7, 11) is 3.18. The summed E-state index contributed by atoms with van der Waals surface area (Å²) in [4.78, 5) is 46.4. The van der Waals surface area contributed by atoms with Gasteiger partial charge in [0.1, 0.15) is 11.3 Å². The minimum Gasteiger partial charge on any atom is -0.493 e. The number of methoxy groups -OCH3 is 2. The van der Waals surface area contributed by atoms with Crippen LogP contribution in [0.3, 0.4) is 0 Å². The molecule has 5 aromatic carbocycles. The highest BCUT2D eigenvalue weighted by molar-refractivity contribution is 6.07. The van der Waals surface area contributed by atoms with Crippen molar-refractivity contribution in [1.82, 2.24) is 10.3 Å². The van der Waals surface area contributed by atoms with Gasteiger partial charge in [-0.25, -0.2) is 0 Å². The standard InChI is InChI=1S/C45H39N3O6/c1-52-41-20-14-31(25-43(41)53-2)16-21-44(50)46-23-22-30-12-17-36(18-13-30)48(45(51)35-26-34-10-6-7-11-38(34)47-28-35)29-32-15-19-40-37(24-32)39(49)27-42(54-40)33-8-4-3-5-9-33/h3-15,17-20,24-28H,16,21-23,29H2,1-2H3,(H,46,50). The average Bonchev–Trinajstić information content (AvgIpc) is 3.22. The van der Waals surface area contributed by atoms with Gasteiger partial charge in [0.05, 0.1) is 37.2 Å². The normalized spacial score (nSPS) is 11.0. The van der Waals surface area contributed by atoms with Crippen LogP contribution in [0.5, 0.6) is 11.5 Å². The molecule has 2 amide bonds. The topological polar surface area (TPSA) is 111 Å². The third-order valence-electron chi connectivity index (χ3n) is 9.35. The Bertz CT molecular complexity index is 2500. The summed E-state index contributed by atoms with van der Waals surface area (Å²) in [6, 6.07) is 39.4. The van der Waals surface area contributed by atoms with E-state index in [4.69, 9.17) is 13.9 Å². The van der Waals surface area contributed by atoms with Gasteiger partial charge in [-0.2, -0.15) is 0 Å². The predicted octanol–water partition coefficient (Wildman–Crippen LogP) is 8.16. The number of fused-ring (bicyclic) bond motifs is 2. The number of para-hydroxylation sites is 1. The second-order valence-electron chi connectivity index (χ2n) is 12.9. The largest absolute Gasteiger partial charge is 0.493 e. The molecule has 0 aliphatic rings. The molecule has 54 heavy (non-hydrogen) atoms. The van der Waals surface area contributed by atoms with E-state index in [0.29, 0.717) is 65.3 Å². The number of aryl methyl sites for hydroxylation is 1. The van der Waals surface area contributed by atoms with Crippen molar-refractivity contribution in [3.63, 3.8) is 0 Å². The van der Waals surface area contributed by atoms with Gasteiger partial charge >= 0.3 is 0 Å². The molecule has 0 aliphatic carbocycles. The van der Waals surface area contributed by atoms with Crippen LogP contribution in [0.25, 0.3) is 33.2 Å². The number of carbonyl (C=O) groups is 2. The molecule has 0 bridgehead atoms. The van der Waals surface area contributed by atoms with Gasteiger partial charge in [0, 0.05) is 41.9 Å². The molecule has 7 rings (SSSR count). The van der Waals surface area contributed by atoms with E-state index in [2.05, 4.69) is 10.3 Å². The minimum absolute atomic E-state index is 0.0390. The molecule has 0 unspecified atom stereocenters. The fraction of sp³-hybridized carbons (Fsp3) is 0.156. The van der Waals surface area contributed by atoms with Gasteiger partial charge < -0.3 is 24.1 Å². The minimum atomic E-state index is -0.227. The number of hydrogen-bond acceptors (Lipinski definition) is 7. The van der Waals surface area contributed by atoms with Crippen molar-refractivity contribution >= 4 is 39.4 Å². The molecule has 2 aromatic heterocycles. The first-order valence-corrected chi connectivity index (χ1v) is 17.7. The number of pyridine rings is 1. The molecule has 0 radical (unpaired) electrons. The predicted molar refractivity (Wildman–Crippen MR) is 211 cm³/mol. The van der Waals surface area contributed by atoms with Crippen LogP contribution in [-0.2, 0) is 24.2 Å². The Morgan fingerprint density at radius 2 is 1.48 bits per heavy atom. The molecule has 0 atom stereocenters. The number of benzene rings is 5. The second-order valence-corrected chi connectivity index (χ2v) is 12.9. The van der Waals surface area contributed by atoms with Gasteiger partial charge in [-0.05, 0) is 78.1 Å². The molecule has 0 saturated heterocycles. The molecular weight excluding hydrogens is 679 g/mol. The lowest BCUT2D eigenvalue weighted by Crippen LogP contribution is -2.30. The highest BCUT2D eigenvalue weighted by Gasteiger charge is 2.20. The number of anilines is 1. The summed E-state index contributed by atoms with van der Waals surface area (Å²) in [5.41, 5.74) is 5.82. The Hall–Kier alpha value is -6.74. The summed E-state index contributed by atoms with van der Waals surface area (Å²) in [5, 5.41) is 4.31. The first-order valence-electron chi connectivity index (χ1n) is 17.7. The van der Waals surface area contributed by atoms with E-state index in [0.717, 1.165) is 33.2 Å². The van der Waals surface area contributed by atoms with E-state index >= 15 is 0 Å². The first-order chi connectivity index (χ1) is 26.4. The van der Waals surface area contributed by atoms with E-state index in [1.165, 1.54) is 6.07 Å². The van der Waals surface area contributed by atoms with E-state index in [1.54, 1.807) is 37.4 Å². The fourth-order valence-electron chi connectivity index (χ4n) is 6.42. The van der Waals surface area contributed by atoms with Gasteiger partial charge in [-0.15, -0.1) is 0 Å². The summed E-state index contributed by atoms with van der Waals surface area (Å²) in [6.07, 6.45) is 3.14. The lowest BCUT2D eigenvalue weighted by molar-refractivity contribution is -0.121.